The van der Waals surface area contributed by atoms with Crippen LogP contribution >= 0.6 is 0 Å². The lowest BCUT2D eigenvalue weighted by Crippen LogP contribution is -2.43. The number of nitrogens with one attached hydrogen (secondary N) is 1. The van der Waals surface area contributed by atoms with Crippen LogP contribution in [0, 0.1) is 10.1 Å². The molecule has 1 aromatic rings. The minimum Gasteiger partial charge on any atom is -0.452 e. The number of likely N-dealkylation sites (N-methyl/N-ethyl adjacent to an activating group) is 1. The van der Waals surface area contributed by atoms with Crippen molar-refractivity contribution in [2.75, 3.05) is 25.5 Å². The fourth-order valence-electron chi connectivity index (χ4n) is 3.35. The largest absolute Gasteiger partial charge is 0.452 e. The van der Waals surface area contributed by atoms with E-state index >= 15 is 0 Å². The number of rotatable bonds is 7. The molecule has 1 aromatic carbocycles. The summed E-state index contributed by atoms with van der Waals surface area (Å²) < 4.78 is 5.10. The zero-order valence-electron chi connectivity index (χ0n) is 15.2. The summed E-state index contributed by atoms with van der Waals surface area (Å²) in [5.74, 6) is -0.974. The van der Waals surface area contributed by atoms with E-state index in [0.29, 0.717) is 12.2 Å². The van der Waals surface area contributed by atoms with E-state index in [1.165, 1.54) is 18.6 Å². The van der Waals surface area contributed by atoms with Gasteiger partial charge in [0.15, 0.2) is 6.61 Å². The van der Waals surface area contributed by atoms with Gasteiger partial charge in [-0.05, 0) is 31.9 Å². The molecule has 0 unspecified atom stereocenters. The van der Waals surface area contributed by atoms with Crippen LogP contribution < -0.4 is 5.32 Å². The highest BCUT2D eigenvalue weighted by molar-refractivity contribution is 5.93. The molecular formula is C18H25N3O5. The topological polar surface area (TPSA) is 102 Å². The third kappa shape index (κ3) is 4.71. The lowest BCUT2D eigenvalue weighted by Gasteiger charge is -2.33. The monoisotopic (exact) mass is 363 g/mol. The van der Waals surface area contributed by atoms with Crippen LogP contribution in [-0.4, -0.2) is 47.9 Å². The summed E-state index contributed by atoms with van der Waals surface area (Å²) in [7, 11) is 1.56. The molecule has 142 valence electrons. The second-order valence-electron chi connectivity index (χ2n) is 6.29. The summed E-state index contributed by atoms with van der Waals surface area (Å²) in [6.07, 6.45) is 5.36. The Kier molecular flexibility index (Phi) is 6.94. The summed E-state index contributed by atoms with van der Waals surface area (Å²) >= 11 is 0. The van der Waals surface area contributed by atoms with E-state index in [2.05, 4.69) is 5.32 Å². The molecule has 1 aliphatic rings. The molecule has 0 aromatic heterocycles. The van der Waals surface area contributed by atoms with Gasteiger partial charge >= 0.3 is 5.97 Å². The number of amides is 1. The Balaban J connectivity index is 1.99. The summed E-state index contributed by atoms with van der Waals surface area (Å²) in [5.41, 5.74) is 0.131. The van der Waals surface area contributed by atoms with Crippen molar-refractivity contribution in [3.05, 3.63) is 33.9 Å². The number of carbonyl (C=O) groups excluding carboxylic acids is 2. The van der Waals surface area contributed by atoms with Crippen LogP contribution in [-0.2, 0) is 9.53 Å². The Morgan fingerprint density at radius 3 is 2.58 bits per heavy atom. The molecule has 0 atom stereocenters. The number of carbonyl (C=O) groups is 2. The van der Waals surface area contributed by atoms with Crippen molar-refractivity contribution in [3.63, 3.8) is 0 Å². The SMILES string of the molecule is CCN(C(=O)COC(=O)c1ccc(NC)c([N+](=O)[O-])c1)C1CCCCC1. The minimum absolute atomic E-state index is 0.0456. The van der Waals surface area contributed by atoms with Gasteiger partial charge in [-0.25, -0.2) is 4.79 Å². The highest BCUT2D eigenvalue weighted by Gasteiger charge is 2.25. The second kappa shape index (κ2) is 9.17. The molecule has 0 radical (unpaired) electrons. The van der Waals surface area contributed by atoms with Gasteiger partial charge in [0.1, 0.15) is 5.69 Å². The number of esters is 1. The molecule has 0 aliphatic heterocycles. The third-order valence-corrected chi connectivity index (χ3v) is 4.70. The molecular weight excluding hydrogens is 338 g/mol. The van der Waals surface area contributed by atoms with Gasteiger partial charge in [0, 0.05) is 25.7 Å². The fraction of sp³-hybridized carbons (Fsp3) is 0.556. The summed E-state index contributed by atoms with van der Waals surface area (Å²) in [4.78, 5) is 36.9. The predicted molar refractivity (Wildman–Crippen MR) is 97.2 cm³/mol. The Morgan fingerprint density at radius 1 is 1.31 bits per heavy atom. The zero-order chi connectivity index (χ0) is 19.1. The second-order valence-corrected chi connectivity index (χ2v) is 6.29. The number of nitrogens with zero attached hydrogens (tertiary/aromatic N) is 2. The van der Waals surface area contributed by atoms with E-state index in [4.69, 9.17) is 4.74 Å². The molecule has 8 nitrogen and oxygen atoms in total. The molecule has 1 aliphatic carbocycles. The van der Waals surface area contributed by atoms with Crippen molar-refractivity contribution in [2.45, 2.75) is 45.1 Å². The number of nitro benzene ring substituents is 1. The van der Waals surface area contributed by atoms with Crippen LogP contribution in [0.1, 0.15) is 49.4 Å². The Hall–Kier alpha value is -2.64. The number of ether oxygens (including phenoxy) is 1. The fourth-order valence-corrected chi connectivity index (χ4v) is 3.35. The maximum absolute atomic E-state index is 12.4. The van der Waals surface area contributed by atoms with Gasteiger partial charge in [-0.2, -0.15) is 0 Å². The van der Waals surface area contributed by atoms with Crippen molar-refractivity contribution >= 4 is 23.3 Å². The average Bonchev–Trinajstić information content (AvgIpc) is 2.66. The van der Waals surface area contributed by atoms with Crippen LogP contribution in [0.3, 0.4) is 0 Å². The molecule has 1 saturated carbocycles. The van der Waals surface area contributed by atoms with Gasteiger partial charge in [0.05, 0.1) is 10.5 Å². The molecule has 0 heterocycles. The van der Waals surface area contributed by atoms with Gasteiger partial charge in [-0.15, -0.1) is 0 Å². The summed E-state index contributed by atoms with van der Waals surface area (Å²) in [6, 6.07) is 4.23. The molecule has 2 rings (SSSR count). The van der Waals surface area contributed by atoms with E-state index in [-0.39, 0.29) is 29.8 Å². The zero-order valence-corrected chi connectivity index (χ0v) is 15.2. The Labute approximate surface area is 152 Å². The molecule has 0 saturated heterocycles. The van der Waals surface area contributed by atoms with Crippen LogP contribution in [0.25, 0.3) is 0 Å². The summed E-state index contributed by atoms with van der Waals surface area (Å²) in [5, 5.41) is 13.8. The first-order valence-electron chi connectivity index (χ1n) is 8.90. The first kappa shape index (κ1) is 19.7. The predicted octanol–water partition coefficient (Wildman–Crippen LogP) is 2.97. The van der Waals surface area contributed by atoms with Gasteiger partial charge in [-0.1, -0.05) is 19.3 Å². The number of benzene rings is 1. The molecule has 1 fully saturated rings. The van der Waals surface area contributed by atoms with Crippen LogP contribution in [0.5, 0.6) is 0 Å². The number of hydrogen-bond acceptors (Lipinski definition) is 6. The lowest BCUT2D eigenvalue weighted by molar-refractivity contribution is -0.384. The highest BCUT2D eigenvalue weighted by atomic mass is 16.6. The van der Waals surface area contributed by atoms with Gasteiger partial charge in [0.2, 0.25) is 0 Å². The number of nitro groups is 1. The quantitative estimate of drug-likeness (QED) is 0.454. The maximum atomic E-state index is 12.4. The Bertz CT molecular complexity index is 671. The summed E-state index contributed by atoms with van der Waals surface area (Å²) in [6.45, 7) is 2.13. The van der Waals surface area contributed by atoms with Crippen molar-refractivity contribution in [3.8, 4) is 0 Å². The van der Waals surface area contributed by atoms with Crippen molar-refractivity contribution in [1.29, 1.82) is 0 Å². The van der Waals surface area contributed by atoms with Crippen molar-refractivity contribution in [2.24, 2.45) is 0 Å². The smallest absolute Gasteiger partial charge is 0.338 e. The van der Waals surface area contributed by atoms with E-state index in [1.54, 1.807) is 11.9 Å². The third-order valence-electron chi connectivity index (χ3n) is 4.70. The average molecular weight is 363 g/mol. The van der Waals surface area contributed by atoms with Crippen LogP contribution in [0.15, 0.2) is 18.2 Å². The van der Waals surface area contributed by atoms with E-state index < -0.39 is 10.9 Å². The van der Waals surface area contributed by atoms with Gasteiger partial charge in [0.25, 0.3) is 11.6 Å². The molecule has 0 spiro atoms. The molecule has 26 heavy (non-hydrogen) atoms. The first-order valence-corrected chi connectivity index (χ1v) is 8.90. The minimum atomic E-state index is -0.746. The first-order chi connectivity index (χ1) is 12.5. The normalized spacial score (nSPS) is 14.5. The number of hydrogen-bond donors (Lipinski definition) is 1. The lowest BCUT2D eigenvalue weighted by atomic mass is 9.94. The molecule has 1 amide bonds. The van der Waals surface area contributed by atoms with E-state index in [9.17, 15) is 19.7 Å². The van der Waals surface area contributed by atoms with Crippen molar-refractivity contribution < 1.29 is 19.2 Å². The molecule has 8 heteroatoms. The highest BCUT2D eigenvalue weighted by Crippen LogP contribution is 2.25. The van der Waals surface area contributed by atoms with Gasteiger partial charge in [-0.3, -0.25) is 14.9 Å². The molecule has 1 N–H and O–H groups in total. The molecule has 0 bridgehead atoms. The van der Waals surface area contributed by atoms with Gasteiger partial charge < -0.3 is 15.0 Å². The van der Waals surface area contributed by atoms with Crippen LogP contribution in [0.2, 0.25) is 0 Å². The Morgan fingerprint density at radius 2 is 2.00 bits per heavy atom. The van der Waals surface area contributed by atoms with Crippen molar-refractivity contribution in [1.82, 2.24) is 4.90 Å². The van der Waals surface area contributed by atoms with E-state index in [0.717, 1.165) is 31.7 Å². The van der Waals surface area contributed by atoms with E-state index in [1.807, 2.05) is 6.92 Å². The number of anilines is 1. The standard InChI is InChI=1S/C18H25N3O5/c1-3-20(14-7-5-4-6-8-14)17(22)12-26-18(23)13-9-10-15(19-2)16(11-13)21(24)25/h9-11,14,19H,3-8,12H2,1-2H3. The van der Waals surface area contributed by atoms with Crippen LogP contribution in [0.4, 0.5) is 11.4 Å². The maximum Gasteiger partial charge on any atom is 0.338 e.